The molecule has 0 saturated carbocycles. The Bertz CT molecular complexity index is 696. The number of carbonyl (C=O) groups is 2. The molecule has 2 aromatic rings. The van der Waals surface area contributed by atoms with Crippen LogP contribution in [0.15, 0.2) is 48.5 Å². The van der Waals surface area contributed by atoms with E-state index >= 15 is 0 Å². The minimum atomic E-state index is -0.253. The first-order valence-corrected chi connectivity index (χ1v) is 8.05. The van der Waals surface area contributed by atoms with E-state index in [1.807, 2.05) is 38.1 Å². The Kier molecular flexibility index (Phi) is 6.83. The van der Waals surface area contributed by atoms with Gasteiger partial charge in [-0.25, -0.2) is 0 Å². The third-order valence-corrected chi connectivity index (χ3v) is 3.27. The highest BCUT2D eigenvalue weighted by Crippen LogP contribution is 2.16. The van der Waals surface area contributed by atoms with Crippen molar-refractivity contribution in [2.45, 2.75) is 13.8 Å². The van der Waals surface area contributed by atoms with Crippen molar-refractivity contribution in [1.29, 1.82) is 0 Å². The van der Waals surface area contributed by atoms with Crippen molar-refractivity contribution in [3.8, 4) is 11.5 Å². The van der Waals surface area contributed by atoms with Gasteiger partial charge >= 0.3 is 0 Å². The Hall–Kier alpha value is -3.02. The largest absolute Gasteiger partial charge is 0.484 e. The molecule has 2 rings (SSSR count). The van der Waals surface area contributed by atoms with E-state index in [2.05, 4.69) is 10.6 Å². The molecule has 0 unspecified atom stereocenters. The number of aryl methyl sites for hydroxylation is 1. The molecular formula is C19H22N2O4. The molecule has 0 spiro atoms. The van der Waals surface area contributed by atoms with Gasteiger partial charge in [0.1, 0.15) is 11.5 Å². The van der Waals surface area contributed by atoms with Gasteiger partial charge in [0.05, 0.1) is 0 Å². The minimum absolute atomic E-state index is 0.0378. The third-order valence-electron chi connectivity index (χ3n) is 3.27. The molecule has 132 valence electrons. The zero-order chi connectivity index (χ0) is 18.1. The zero-order valence-corrected chi connectivity index (χ0v) is 14.4. The summed E-state index contributed by atoms with van der Waals surface area (Å²) >= 11 is 0. The van der Waals surface area contributed by atoms with Crippen LogP contribution in [0.25, 0.3) is 0 Å². The van der Waals surface area contributed by atoms with E-state index in [0.717, 1.165) is 5.56 Å². The van der Waals surface area contributed by atoms with E-state index in [4.69, 9.17) is 9.47 Å². The summed E-state index contributed by atoms with van der Waals surface area (Å²) in [5.41, 5.74) is 1.76. The average molecular weight is 342 g/mol. The van der Waals surface area contributed by atoms with Crippen LogP contribution in [-0.4, -0.2) is 31.6 Å². The molecule has 0 bridgehead atoms. The van der Waals surface area contributed by atoms with Gasteiger partial charge in [-0.3, -0.25) is 9.59 Å². The van der Waals surface area contributed by atoms with Crippen LogP contribution in [0.4, 0.5) is 5.69 Å². The Morgan fingerprint density at radius 3 is 1.92 bits per heavy atom. The number of amides is 2. The molecule has 0 radical (unpaired) electrons. The number of carbonyl (C=O) groups excluding carboxylic acids is 2. The second-order valence-corrected chi connectivity index (χ2v) is 5.42. The summed E-state index contributed by atoms with van der Waals surface area (Å²) in [6.07, 6.45) is 0. The van der Waals surface area contributed by atoms with E-state index in [9.17, 15) is 9.59 Å². The van der Waals surface area contributed by atoms with Crippen LogP contribution >= 0.6 is 0 Å². The fourth-order valence-electron chi connectivity index (χ4n) is 2.01. The highest BCUT2D eigenvalue weighted by Gasteiger charge is 2.05. The smallest absolute Gasteiger partial charge is 0.262 e. The van der Waals surface area contributed by atoms with E-state index < -0.39 is 0 Å². The predicted molar refractivity (Wildman–Crippen MR) is 95.9 cm³/mol. The number of nitrogens with one attached hydrogen (secondary N) is 2. The highest BCUT2D eigenvalue weighted by atomic mass is 16.5. The summed E-state index contributed by atoms with van der Waals surface area (Å²) in [5.74, 6) is 0.778. The first-order chi connectivity index (χ1) is 12.1. The van der Waals surface area contributed by atoms with Gasteiger partial charge < -0.3 is 20.1 Å². The summed E-state index contributed by atoms with van der Waals surface area (Å²) in [4.78, 5) is 23.2. The Labute approximate surface area is 147 Å². The highest BCUT2D eigenvalue weighted by molar-refractivity contribution is 5.91. The van der Waals surface area contributed by atoms with Gasteiger partial charge in [-0.15, -0.1) is 0 Å². The van der Waals surface area contributed by atoms with Crippen molar-refractivity contribution in [2.24, 2.45) is 0 Å². The van der Waals surface area contributed by atoms with Crippen LogP contribution in [-0.2, 0) is 9.59 Å². The molecule has 2 amide bonds. The molecule has 6 heteroatoms. The maximum Gasteiger partial charge on any atom is 0.262 e. The molecule has 2 aromatic carbocycles. The summed E-state index contributed by atoms with van der Waals surface area (Å²) in [6, 6.07) is 14.3. The number of likely N-dealkylation sites (N-methyl/N-ethyl adjacent to an activating group) is 1. The van der Waals surface area contributed by atoms with Gasteiger partial charge in [0.2, 0.25) is 0 Å². The van der Waals surface area contributed by atoms with Gasteiger partial charge in [0.15, 0.2) is 13.2 Å². The van der Waals surface area contributed by atoms with Gasteiger partial charge in [-0.1, -0.05) is 17.7 Å². The molecule has 0 saturated heterocycles. The lowest BCUT2D eigenvalue weighted by atomic mass is 10.2. The molecule has 25 heavy (non-hydrogen) atoms. The van der Waals surface area contributed by atoms with E-state index in [0.29, 0.717) is 23.7 Å². The molecule has 0 heterocycles. The monoisotopic (exact) mass is 342 g/mol. The van der Waals surface area contributed by atoms with Crippen LogP contribution in [0.5, 0.6) is 11.5 Å². The fraction of sp³-hybridized carbons (Fsp3) is 0.263. The normalized spacial score (nSPS) is 10.0. The molecule has 0 aliphatic rings. The lowest BCUT2D eigenvalue weighted by Crippen LogP contribution is -2.28. The molecule has 2 N–H and O–H groups in total. The Morgan fingerprint density at radius 1 is 0.840 bits per heavy atom. The number of hydrogen-bond donors (Lipinski definition) is 2. The quantitative estimate of drug-likeness (QED) is 0.773. The van der Waals surface area contributed by atoms with Crippen LogP contribution in [0.3, 0.4) is 0 Å². The average Bonchev–Trinajstić information content (AvgIpc) is 2.61. The number of rotatable bonds is 8. The van der Waals surface area contributed by atoms with Crippen LogP contribution in [0, 0.1) is 6.92 Å². The van der Waals surface area contributed by atoms with Crippen molar-refractivity contribution in [1.82, 2.24) is 5.32 Å². The van der Waals surface area contributed by atoms with Gasteiger partial charge in [0.25, 0.3) is 11.8 Å². The topological polar surface area (TPSA) is 76.7 Å². The van der Waals surface area contributed by atoms with E-state index in [-0.39, 0.29) is 25.0 Å². The van der Waals surface area contributed by atoms with Crippen molar-refractivity contribution in [3.63, 3.8) is 0 Å². The first kappa shape index (κ1) is 18.3. The molecule has 0 atom stereocenters. The molecule has 0 aromatic heterocycles. The summed E-state index contributed by atoms with van der Waals surface area (Å²) in [6.45, 7) is 4.29. The molecule has 0 fully saturated rings. The second kappa shape index (κ2) is 9.32. The zero-order valence-electron chi connectivity index (χ0n) is 14.4. The SMILES string of the molecule is CCNC(=O)COc1ccc(NC(=O)COc2ccc(C)cc2)cc1. The van der Waals surface area contributed by atoms with Crippen molar-refractivity contribution in [2.75, 3.05) is 25.1 Å². The number of anilines is 1. The fourth-order valence-corrected chi connectivity index (χ4v) is 2.01. The van der Waals surface area contributed by atoms with E-state index in [1.165, 1.54) is 0 Å². The van der Waals surface area contributed by atoms with Gasteiger partial charge in [0, 0.05) is 12.2 Å². The summed E-state index contributed by atoms with van der Waals surface area (Å²) in [5, 5.41) is 5.39. The maximum absolute atomic E-state index is 11.9. The number of hydrogen-bond acceptors (Lipinski definition) is 4. The Balaban J connectivity index is 1.77. The lowest BCUT2D eigenvalue weighted by molar-refractivity contribution is -0.123. The summed E-state index contributed by atoms with van der Waals surface area (Å²) in [7, 11) is 0. The number of ether oxygens (including phenoxy) is 2. The van der Waals surface area contributed by atoms with Crippen molar-refractivity contribution < 1.29 is 19.1 Å². The van der Waals surface area contributed by atoms with Crippen molar-refractivity contribution in [3.05, 3.63) is 54.1 Å². The van der Waals surface area contributed by atoms with E-state index in [1.54, 1.807) is 24.3 Å². The van der Waals surface area contributed by atoms with Crippen LogP contribution in [0.2, 0.25) is 0 Å². The maximum atomic E-state index is 11.9. The van der Waals surface area contributed by atoms with Crippen LogP contribution in [0.1, 0.15) is 12.5 Å². The molecular weight excluding hydrogens is 320 g/mol. The van der Waals surface area contributed by atoms with Gasteiger partial charge in [-0.2, -0.15) is 0 Å². The molecule has 0 aliphatic carbocycles. The number of benzene rings is 2. The predicted octanol–water partition coefficient (Wildman–Crippen LogP) is 2.53. The minimum Gasteiger partial charge on any atom is -0.484 e. The molecule has 6 nitrogen and oxygen atoms in total. The lowest BCUT2D eigenvalue weighted by Gasteiger charge is -2.09. The third kappa shape index (κ3) is 6.55. The first-order valence-electron chi connectivity index (χ1n) is 8.05. The standard InChI is InChI=1S/C19H22N2O4/c1-3-20-18(22)12-24-17-10-6-15(7-11-17)21-19(23)13-25-16-8-4-14(2)5-9-16/h4-11H,3,12-13H2,1-2H3,(H,20,22)(H,21,23). The molecule has 0 aliphatic heterocycles. The second-order valence-electron chi connectivity index (χ2n) is 5.42. The Morgan fingerprint density at radius 2 is 1.36 bits per heavy atom. The summed E-state index contributed by atoms with van der Waals surface area (Å²) < 4.78 is 10.8. The van der Waals surface area contributed by atoms with Crippen LogP contribution < -0.4 is 20.1 Å². The van der Waals surface area contributed by atoms with Crippen molar-refractivity contribution >= 4 is 17.5 Å². The van der Waals surface area contributed by atoms with Gasteiger partial charge in [-0.05, 0) is 50.2 Å².